The summed E-state index contributed by atoms with van der Waals surface area (Å²) in [5, 5.41) is 0. The molecule has 0 radical (unpaired) electrons. The van der Waals surface area contributed by atoms with Crippen LogP contribution in [-0.2, 0) is 14.3 Å². The van der Waals surface area contributed by atoms with E-state index in [1.165, 1.54) is 49.8 Å². The first-order valence-electron chi connectivity index (χ1n) is 9.39. The lowest BCUT2D eigenvalue weighted by atomic mass is 10.1. The Morgan fingerprint density at radius 3 is 2.04 bits per heavy atom. The Hall–Kier alpha value is -1.32. The molecule has 0 saturated carbocycles. The van der Waals surface area contributed by atoms with Gasteiger partial charge in [-0.3, -0.25) is 9.59 Å². The highest BCUT2D eigenvalue weighted by Crippen LogP contribution is 2.20. The lowest BCUT2D eigenvalue weighted by molar-refractivity contribution is -0.139. The number of ether oxygens (including phenoxy) is 1. The highest BCUT2D eigenvalue weighted by atomic mass is 16.5. The first-order valence-corrected chi connectivity index (χ1v) is 9.39. The number of imide groups is 1. The minimum Gasteiger partial charge on any atom is -0.479 e. The maximum absolute atomic E-state index is 11.8. The Morgan fingerprint density at radius 2 is 1.48 bits per heavy atom. The molecule has 0 aliphatic carbocycles. The predicted molar refractivity (Wildman–Crippen MR) is 92.6 cm³/mol. The molecule has 4 heteroatoms. The third-order valence-corrected chi connectivity index (χ3v) is 4.10. The highest BCUT2D eigenvalue weighted by Gasteiger charge is 2.32. The minimum absolute atomic E-state index is 0.131. The fraction of sp³-hybridized carbons (Fsp3) is 0.789. The lowest BCUT2D eigenvalue weighted by Crippen LogP contribution is -2.29. The molecule has 0 N–H and O–H groups in total. The van der Waals surface area contributed by atoms with Crippen molar-refractivity contribution in [2.45, 2.75) is 90.9 Å². The van der Waals surface area contributed by atoms with Crippen LogP contribution in [0, 0.1) is 0 Å². The van der Waals surface area contributed by atoms with Gasteiger partial charge in [-0.15, -0.1) is 0 Å². The summed E-state index contributed by atoms with van der Waals surface area (Å²) in [7, 11) is 0. The van der Waals surface area contributed by atoms with Gasteiger partial charge in [-0.1, -0.05) is 58.8 Å². The van der Waals surface area contributed by atoms with E-state index in [-0.39, 0.29) is 11.8 Å². The quantitative estimate of drug-likeness (QED) is 0.274. The van der Waals surface area contributed by atoms with Crippen LogP contribution in [-0.4, -0.2) is 23.3 Å². The molecule has 0 atom stereocenters. The molecule has 0 aromatic rings. The molecule has 0 aromatic carbocycles. The summed E-state index contributed by atoms with van der Waals surface area (Å²) < 4.78 is 5.63. The van der Waals surface area contributed by atoms with Crippen molar-refractivity contribution in [1.82, 2.24) is 4.90 Å². The van der Waals surface area contributed by atoms with Gasteiger partial charge in [0.15, 0.2) is 5.88 Å². The number of rotatable bonds is 13. The Kier molecular flexibility index (Phi) is 10.4. The average Bonchev–Trinajstić information content (AvgIpc) is 2.88. The molecular formula is C19H33NO3. The van der Waals surface area contributed by atoms with E-state index in [2.05, 4.69) is 6.92 Å². The smallest absolute Gasteiger partial charge is 0.236 e. The zero-order chi connectivity index (χ0) is 16.9. The standard InChI is InChI=1S/C19H33NO3/c1-3-5-6-7-8-9-10-11-12-13-19(23-16-4-2)20-17(21)14-15-18(20)22/h13H,3-12,14-16H2,1-2H3. The largest absolute Gasteiger partial charge is 0.479 e. The maximum Gasteiger partial charge on any atom is 0.236 e. The second-order valence-corrected chi connectivity index (χ2v) is 6.28. The molecule has 4 nitrogen and oxygen atoms in total. The van der Waals surface area contributed by atoms with Gasteiger partial charge in [-0.25, -0.2) is 4.90 Å². The topological polar surface area (TPSA) is 46.6 Å². The second-order valence-electron chi connectivity index (χ2n) is 6.28. The summed E-state index contributed by atoms with van der Waals surface area (Å²) in [5.41, 5.74) is 0. The Bertz CT molecular complexity index is 374. The van der Waals surface area contributed by atoms with E-state index in [4.69, 9.17) is 4.74 Å². The molecule has 1 heterocycles. The van der Waals surface area contributed by atoms with Crippen LogP contribution in [0.15, 0.2) is 12.0 Å². The number of allylic oxidation sites excluding steroid dienone is 1. The fourth-order valence-corrected chi connectivity index (χ4v) is 2.75. The second kappa shape index (κ2) is 12.1. The average molecular weight is 323 g/mol. The number of amides is 2. The summed E-state index contributed by atoms with van der Waals surface area (Å²) in [6.07, 6.45) is 14.5. The van der Waals surface area contributed by atoms with Crippen LogP contribution in [0.2, 0.25) is 0 Å². The minimum atomic E-state index is -0.131. The lowest BCUT2D eigenvalue weighted by Gasteiger charge is -2.18. The van der Waals surface area contributed by atoms with E-state index < -0.39 is 0 Å². The normalized spacial score (nSPS) is 15.6. The zero-order valence-electron chi connectivity index (χ0n) is 14.9. The number of carbonyl (C=O) groups excluding carboxylic acids is 2. The van der Waals surface area contributed by atoms with E-state index in [9.17, 15) is 9.59 Å². The number of hydrogen-bond acceptors (Lipinski definition) is 3. The van der Waals surface area contributed by atoms with Gasteiger partial charge in [0.2, 0.25) is 11.8 Å². The molecule has 132 valence electrons. The van der Waals surface area contributed by atoms with Gasteiger partial charge in [-0.2, -0.15) is 0 Å². The first-order chi connectivity index (χ1) is 11.2. The van der Waals surface area contributed by atoms with Crippen molar-refractivity contribution in [2.24, 2.45) is 0 Å². The van der Waals surface area contributed by atoms with Crippen molar-refractivity contribution < 1.29 is 14.3 Å². The van der Waals surface area contributed by atoms with Gasteiger partial charge in [0.05, 0.1) is 6.61 Å². The monoisotopic (exact) mass is 323 g/mol. The molecule has 23 heavy (non-hydrogen) atoms. The van der Waals surface area contributed by atoms with Gasteiger partial charge < -0.3 is 4.74 Å². The Balaban J connectivity index is 2.30. The molecule has 0 bridgehead atoms. The summed E-state index contributed by atoms with van der Waals surface area (Å²) in [5.74, 6) is 0.198. The van der Waals surface area contributed by atoms with Gasteiger partial charge >= 0.3 is 0 Å². The number of likely N-dealkylation sites (tertiary alicyclic amines) is 1. The molecule has 1 saturated heterocycles. The van der Waals surface area contributed by atoms with Crippen molar-refractivity contribution in [1.29, 1.82) is 0 Å². The van der Waals surface area contributed by atoms with Crippen LogP contribution in [0.25, 0.3) is 0 Å². The van der Waals surface area contributed by atoms with Gasteiger partial charge in [0.1, 0.15) is 0 Å². The molecule has 0 spiro atoms. The summed E-state index contributed by atoms with van der Waals surface area (Å²) in [4.78, 5) is 24.9. The summed E-state index contributed by atoms with van der Waals surface area (Å²) >= 11 is 0. The molecule has 0 unspecified atom stereocenters. The molecule has 1 rings (SSSR count). The van der Waals surface area contributed by atoms with Crippen LogP contribution in [0.4, 0.5) is 0 Å². The number of nitrogens with zero attached hydrogens (tertiary/aromatic N) is 1. The van der Waals surface area contributed by atoms with Crippen LogP contribution < -0.4 is 0 Å². The molecular weight excluding hydrogens is 290 g/mol. The summed E-state index contributed by atoms with van der Waals surface area (Å²) in [6, 6.07) is 0. The van der Waals surface area contributed by atoms with Crippen LogP contribution in [0.5, 0.6) is 0 Å². The summed E-state index contributed by atoms with van der Waals surface area (Å²) in [6.45, 7) is 4.80. The van der Waals surface area contributed by atoms with Gasteiger partial charge in [-0.05, 0) is 25.3 Å². The predicted octanol–water partition coefficient (Wildman–Crippen LogP) is 4.93. The zero-order valence-corrected chi connectivity index (χ0v) is 14.9. The first kappa shape index (κ1) is 19.7. The number of hydrogen-bond donors (Lipinski definition) is 0. The maximum atomic E-state index is 11.8. The molecule has 0 aromatic heterocycles. The van der Waals surface area contributed by atoms with Crippen LogP contribution >= 0.6 is 0 Å². The van der Waals surface area contributed by atoms with Gasteiger partial charge in [0, 0.05) is 12.8 Å². The SMILES string of the molecule is CCCCCCCCCCC=C(OCCC)N1C(=O)CCC1=O. The van der Waals surface area contributed by atoms with Crippen molar-refractivity contribution in [3.8, 4) is 0 Å². The van der Waals surface area contributed by atoms with E-state index in [1.54, 1.807) is 0 Å². The number of unbranched alkanes of at least 4 members (excludes halogenated alkanes) is 8. The van der Waals surface area contributed by atoms with Crippen molar-refractivity contribution in [3.63, 3.8) is 0 Å². The Morgan fingerprint density at radius 1 is 0.913 bits per heavy atom. The van der Waals surface area contributed by atoms with E-state index >= 15 is 0 Å². The van der Waals surface area contributed by atoms with Crippen molar-refractivity contribution >= 4 is 11.8 Å². The number of carbonyl (C=O) groups is 2. The molecule has 2 amide bonds. The third-order valence-electron chi connectivity index (χ3n) is 4.10. The molecule has 1 aliphatic rings. The highest BCUT2D eigenvalue weighted by molar-refractivity contribution is 6.03. The van der Waals surface area contributed by atoms with E-state index in [1.807, 2.05) is 13.0 Å². The third kappa shape index (κ3) is 7.67. The molecule has 1 fully saturated rings. The van der Waals surface area contributed by atoms with E-state index in [0.717, 1.165) is 19.3 Å². The van der Waals surface area contributed by atoms with E-state index in [0.29, 0.717) is 25.3 Å². The van der Waals surface area contributed by atoms with Gasteiger partial charge in [0.25, 0.3) is 0 Å². The fourth-order valence-electron chi connectivity index (χ4n) is 2.75. The van der Waals surface area contributed by atoms with Crippen molar-refractivity contribution in [2.75, 3.05) is 6.61 Å². The molecule has 1 aliphatic heterocycles. The van der Waals surface area contributed by atoms with Crippen LogP contribution in [0.3, 0.4) is 0 Å². The van der Waals surface area contributed by atoms with Crippen LogP contribution in [0.1, 0.15) is 90.9 Å². The van der Waals surface area contributed by atoms with Crippen molar-refractivity contribution in [3.05, 3.63) is 12.0 Å². The Labute approximate surface area is 141 Å².